The Labute approximate surface area is 98.7 Å². The van der Waals surface area contributed by atoms with Crippen molar-refractivity contribution >= 4 is 23.3 Å². The molecule has 1 aromatic rings. The SMILES string of the molecule is O=Cc1cc(N2CC3CCC(O)C3C2)cs1. The minimum Gasteiger partial charge on any atom is -0.393 e. The number of rotatable bonds is 2. The maximum Gasteiger partial charge on any atom is 0.160 e. The van der Waals surface area contributed by atoms with Gasteiger partial charge < -0.3 is 10.0 Å². The first kappa shape index (κ1) is 10.3. The highest BCUT2D eigenvalue weighted by Crippen LogP contribution is 2.40. The number of fused-ring (bicyclic) bond motifs is 1. The molecule has 3 rings (SSSR count). The van der Waals surface area contributed by atoms with Crippen molar-refractivity contribution in [3.63, 3.8) is 0 Å². The van der Waals surface area contributed by atoms with Crippen molar-refractivity contribution in [2.45, 2.75) is 18.9 Å². The smallest absolute Gasteiger partial charge is 0.160 e. The topological polar surface area (TPSA) is 40.5 Å². The predicted octanol–water partition coefficient (Wildman–Crippen LogP) is 1.77. The van der Waals surface area contributed by atoms with Crippen LogP contribution in [0.5, 0.6) is 0 Å². The maximum absolute atomic E-state index is 10.6. The molecule has 0 bridgehead atoms. The van der Waals surface area contributed by atoms with Crippen molar-refractivity contribution in [1.82, 2.24) is 0 Å². The summed E-state index contributed by atoms with van der Waals surface area (Å²) >= 11 is 1.49. The van der Waals surface area contributed by atoms with Gasteiger partial charge in [0.2, 0.25) is 0 Å². The van der Waals surface area contributed by atoms with Crippen molar-refractivity contribution < 1.29 is 9.90 Å². The Morgan fingerprint density at radius 1 is 1.44 bits per heavy atom. The number of aliphatic hydroxyl groups is 1. The molecule has 1 saturated carbocycles. The fourth-order valence-corrected chi connectivity index (χ4v) is 3.74. The zero-order valence-electron chi connectivity index (χ0n) is 9.00. The molecule has 2 fully saturated rings. The quantitative estimate of drug-likeness (QED) is 0.797. The van der Waals surface area contributed by atoms with Crippen LogP contribution in [-0.2, 0) is 0 Å². The summed E-state index contributed by atoms with van der Waals surface area (Å²) in [6.07, 6.45) is 2.90. The van der Waals surface area contributed by atoms with Gasteiger partial charge >= 0.3 is 0 Å². The summed E-state index contributed by atoms with van der Waals surface area (Å²) < 4.78 is 0. The van der Waals surface area contributed by atoms with Crippen LogP contribution in [0.15, 0.2) is 11.4 Å². The van der Waals surface area contributed by atoms with Gasteiger partial charge in [0.15, 0.2) is 6.29 Å². The Morgan fingerprint density at radius 3 is 3.00 bits per heavy atom. The summed E-state index contributed by atoms with van der Waals surface area (Å²) in [5.41, 5.74) is 1.15. The number of nitrogens with zero attached hydrogens (tertiary/aromatic N) is 1. The van der Waals surface area contributed by atoms with Crippen LogP contribution in [0.25, 0.3) is 0 Å². The van der Waals surface area contributed by atoms with Gasteiger partial charge in [0.05, 0.1) is 11.0 Å². The van der Waals surface area contributed by atoms with Crippen LogP contribution in [0, 0.1) is 11.8 Å². The van der Waals surface area contributed by atoms with Crippen molar-refractivity contribution in [3.05, 3.63) is 16.3 Å². The van der Waals surface area contributed by atoms with Crippen LogP contribution < -0.4 is 4.90 Å². The number of hydrogen-bond acceptors (Lipinski definition) is 4. The molecule has 0 amide bonds. The molecule has 1 aliphatic carbocycles. The van der Waals surface area contributed by atoms with E-state index in [0.717, 1.165) is 42.8 Å². The number of aliphatic hydroxyl groups excluding tert-OH is 1. The van der Waals surface area contributed by atoms with E-state index in [-0.39, 0.29) is 6.10 Å². The molecular weight excluding hydrogens is 222 g/mol. The van der Waals surface area contributed by atoms with Gasteiger partial charge in [-0.15, -0.1) is 11.3 Å². The first-order valence-electron chi connectivity index (χ1n) is 5.74. The Balaban J connectivity index is 1.76. The molecule has 0 aromatic carbocycles. The molecule has 3 unspecified atom stereocenters. The normalized spacial score (nSPS) is 33.1. The molecule has 1 saturated heterocycles. The number of hydrogen-bond donors (Lipinski definition) is 1. The molecule has 3 nitrogen and oxygen atoms in total. The van der Waals surface area contributed by atoms with Gasteiger partial charge in [-0.25, -0.2) is 0 Å². The van der Waals surface area contributed by atoms with Crippen molar-refractivity contribution in [1.29, 1.82) is 0 Å². The van der Waals surface area contributed by atoms with Gasteiger partial charge in [-0.3, -0.25) is 4.79 Å². The van der Waals surface area contributed by atoms with Gasteiger partial charge in [-0.2, -0.15) is 0 Å². The van der Waals surface area contributed by atoms with Crippen molar-refractivity contribution in [2.24, 2.45) is 11.8 Å². The molecule has 2 aliphatic rings. The lowest BCUT2D eigenvalue weighted by Gasteiger charge is -2.18. The first-order valence-corrected chi connectivity index (χ1v) is 6.62. The minimum atomic E-state index is -0.112. The van der Waals surface area contributed by atoms with Crippen LogP contribution in [0.2, 0.25) is 0 Å². The summed E-state index contributed by atoms with van der Waals surface area (Å²) in [7, 11) is 0. The minimum absolute atomic E-state index is 0.112. The molecular formula is C12H15NO2S. The second kappa shape index (κ2) is 3.86. The van der Waals surface area contributed by atoms with Gasteiger partial charge in [0, 0.05) is 30.1 Å². The molecule has 1 aliphatic heterocycles. The molecule has 3 atom stereocenters. The van der Waals surface area contributed by atoms with Gasteiger partial charge in [0.25, 0.3) is 0 Å². The monoisotopic (exact) mass is 237 g/mol. The Kier molecular flexibility index (Phi) is 2.48. The fourth-order valence-electron chi connectivity index (χ4n) is 3.02. The van der Waals surface area contributed by atoms with Gasteiger partial charge in [0.1, 0.15) is 0 Å². The molecule has 0 radical (unpaired) electrons. The molecule has 2 heterocycles. The molecule has 0 spiro atoms. The highest BCUT2D eigenvalue weighted by molar-refractivity contribution is 7.12. The number of anilines is 1. The van der Waals surface area contributed by atoms with Gasteiger partial charge in [-0.05, 0) is 24.8 Å². The number of thiophene rings is 1. The first-order chi connectivity index (χ1) is 7.78. The summed E-state index contributed by atoms with van der Waals surface area (Å²) in [4.78, 5) is 13.7. The van der Waals surface area contributed by atoms with Crippen LogP contribution in [-0.4, -0.2) is 30.6 Å². The third kappa shape index (κ3) is 1.57. The number of carbonyl (C=O) groups is 1. The van der Waals surface area contributed by atoms with Crippen LogP contribution in [0.1, 0.15) is 22.5 Å². The van der Waals surface area contributed by atoms with E-state index in [1.54, 1.807) is 0 Å². The van der Waals surface area contributed by atoms with Crippen LogP contribution in [0.4, 0.5) is 5.69 Å². The standard InChI is InChI=1S/C12H15NO2S/c14-6-10-3-9(7-16-10)13-4-8-1-2-12(15)11(8)5-13/h3,6-8,11-12,15H,1-2,4-5H2. The van der Waals surface area contributed by atoms with Crippen molar-refractivity contribution in [3.8, 4) is 0 Å². The Morgan fingerprint density at radius 2 is 2.31 bits per heavy atom. The van der Waals surface area contributed by atoms with Crippen LogP contribution >= 0.6 is 11.3 Å². The third-order valence-electron chi connectivity index (χ3n) is 3.91. The van der Waals surface area contributed by atoms with E-state index in [0.29, 0.717) is 11.8 Å². The number of carbonyl (C=O) groups excluding carboxylic acids is 1. The van der Waals surface area contributed by atoms with E-state index in [4.69, 9.17) is 0 Å². The Bertz CT molecular complexity index is 403. The van der Waals surface area contributed by atoms with E-state index in [1.807, 2.05) is 11.4 Å². The molecule has 16 heavy (non-hydrogen) atoms. The molecule has 86 valence electrons. The predicted molar refractivity (Wildman–Crippen MR) is 64.1 cm³/mol. The Hall–Kier alpha value is -0.870. The van der Waals surface area contributed by atoms with Gasteiger partial charge in [-0.1, -0.05) is 0 Å². The summed E-state index contributed by atoms with van der Waals surface area (Å²) in [5, 5.41) is 11.9. The van der Waals surface area contributed by atoms with E-state index in [2.05, 4.69) is 4.90 Å². The lowest BCUT2D eigenvalue weighted by Crippen LogP contribution is -2.23. The molecule has 1 N–H and O–H groups in total. The average molecular weight is 237 g/mol. The molecule has 4 heteroatoms. The second-order valence-electron chi connectivity index (χ2n) is 4.80. The zero-order chi connectivity index (χ0) is 11.1. The maximum atomic E-state index is 10.6. The van der Waals surface area contributed by atoms with E-state index in [9.17, 15) is 9.90 Å². The lowest BCUT2D eigenvalue weighted by atomic mass is 10.00. The summed E-state index contributed by atoms with van der Waals surface area (Å²) in [6.45, 7) is 1.98. The second-order valence-corrected chi connectivity index (χ2v) is 5.74. The fraction of sp³-hybridized carbons (Fsp3) is 0.583. The number of aldehydes is 1. The highest BCUT2D eigenvalue weighted by atomic mass is 32.1. The van der Waals surface area contributed by atoms with E-state index < -0.39 is 0 Å². The summed E-state index contributed by atoms with van der Waals surface area (Å²) in [6, 6.07) is 1.95. The van der Waals surface area contributed by atoms with Crippen molar-refractivity contribution in [2.75, 3.05) is 18.0 Å². The third-order valence-corrected chi connectivity index (χ3v) is 4.75. The summed E-state index contributed by atoms with van der Waals surface area (Å²) in [5.74, 6) is 1.09. The van der Waals surface area contributed by atoms with E-state index >= 15 is 0 Å². The largest absolute Gasteiger partial charge is 0.393 e. The zero-order valence-corrected chi connectivity index (χ0v) is 9.82. The molecule has 1 aromatic heterocycles. The van der Waals surface area contributed by atoms with E-state index in [1.165, 1.54) is 11.3 Å². The average Bonchev–Trinajstić information content (AvgIpc) is 2.95. The van der Waals surface area contributed by atoms with Crippen LogP contribution in [0.3, 0.4) is 0 Å². The lowest BCUT2D eigenvalue weighted by molar-refractivity contribution is 0.112. The highest BCUT2D eigenvalue weighted by Gasteiger charge is 2.41.